The van der Waals surface area contributed by atoms with Crippen LogP contribution in [-0.4, -0.2) is 38.0 Å². The number of hydrogen-bond acceptors (Lipinski definition) is 4. The van der Waals surface area contributed by atoms with Gasteiger partial charge in [0.25, 0.3) is 0 Å². The van der Waals surface area contributed by atoms with Gasteiger partial charge >= 0.3 is 0 Å². The third-order valence-electron chi connectivity index (χ3n) is 5.43. The van der Waals surface area contributed by atoms with Gasteiger partial charge in [-0.25, -0.2) is 0 Å². The van der Waals surface area contributed by atoms with E-state index in [0.29, 0.717) is 18.1 Å². The highest BCUT2D eigenvalue weighted by Gasteiger charge is 2.43. The summed E-state index contributed by atoms with van der Waals surface area (Å²) in [5, 5.41) is 0. The third kappa shape index (κ3) is 10.7. The van der Waals surface area contributed by atoms with Crippen molar-refractivity contribution in [3.05, 3.63) is 71.8 Å². The van der Waals surface area contributed by atoms with Gasteiger partial charge in [-0.2, -0.15) is 0 Å². The van der Waals surface area contributed by atoms with Crippen LogP contribution >= 0.6 is 0 Å². The molecule has 1 saturated carbocycles. The lowest BCUT2D eigenvalue weighted by Crippen LogP contribution is -2.13. The quantitative estimate of drug-likeness (QED) is 0.312. The van der Waals surface area contributed by atoms with Crippen LogP contribution < -0.4 is 0 Å². The second-order valence-electron chi connectivity index (χ2n) is 7.87. The molecule has 0 aromatic heterocycles. The molecule has 31 heavy (non-hydrogen) atoms. The maximum Gasteiger partial charge on any atom is 0.154 e. The van der Waals surface area contributed by atoms with Gasteiger partial charge in [0.05, 0.1) is 12.2 Å². The van der Waals surface area contributed by atoms with Crippen molar-refractivity contribution in [1.82, 2.24) is 0 Å². The summed E-state index contributed by atoms with van der Waals surface area (Å²) in [6.07, 6.45) is 7.40. The zero-order chi connectivity index (χ0) is 22.3. The van der Waals surface area contributed by atoms with E-state index in [1.165, 1.54) is 11.1 Å². The average Bonchev–Trinajstić information content (AvgIpc) is 3.59. The fourth-order valence-corrected chi connectivity index (χ4v) is 3.65. The minimum Gasteiger partial charge on any atom is -0.370 e. The van der Waals surface area contributed by atoms with Crippen molar-refractivity contribution in [2.24, 2.45) is 5.92 Å². The fraction of sp³-hybridized carbons (Fsp3) is 0.519. The lowest BCUT2D eigenvalue weighted by molar-refractivity contribution is -0.123. The topological polar surface area (TPSA) is 48.1 Å². The third-order valence-corrected chi connectivity index (χ3v) is 5.43. The molecule has 0 amide bonds. The van der Waals surface area contributed by atoms with E-state index in [-0.39, 0.29) is 6.29 Å². The molecule has 3 atom stereocenters. The molecule has 4 heteroatoms. The van der Waals surface area contributed by atoms with E-state index in [1.807, 2.05) is 20.8 Å². The van der Waals surface area contributed by atoms with Gasteiger partial charge in [-0.15, -0.1) is 0 Å². The van der Waals surface area contributed by atoms with Crippen LogP contribution in [0.3, 0.4) is 0 Å². The highest BCUT2D eigenvalue weighted by Crippen LogP contribution is 2.38. The molecule has 4 nitrogen and oxygen atoms in total. The summed E-state index contributed by atoms with van der Waals surface area (Å²) in [5.74, 6) is 0.300. The molecule has 2 aromatic carbocycles. The summed E-state index contributed by atoms with van der Waals surface area (Å²) < 4.78 is 15.4. The summed E-state index contributed by atoms with van der Waals surface area (Å²) in [7, 11) is 0. The molecule has 0 bridgehead atoms. The second kappa shape index (κ2) is 14.9. The van der Waals surface area contributed by atoms with E-state index in [4.69, 9.17) is 14.2 Å². The highest BCUT2D eigenvalue weighted by atomic mass is 16.7. The SMILES string of the molecule is CCOC(C)OCC.O=CC1CCC2OC2C1.c1ccc(CCc2ccccc2)cc1. The van der Waals surface area contributed by atoms with Crippen LogP contribution in [0.15, 0.2) is 60.7 Å². The number of carbonyl (C=O) groups is 1. The largest absolute Gasteiger partial charge is 0.370 e. The van der Waals surface area contributed by atoms with Crippen molar-refractivity contribution in [2.75, 3.05) is 13.2 Å². The Morgan fingerprint density at radius 2 is 1.39 bits per heavy atom. The van der Waals surface area contributed by atoms with E-state index < -0.39 is 0 Å². The number of benzene rings is 2. The van der Waals surface area contributed by atoms with E-state index >= 15 is 0 Å². The maximum atomic E-state index is 10.3. The van der Waals surface area contributed by atoms with Crippen molar-refractivity contribution in [2.45, 2.75) is 71.4 Å². The first-order chi connectivity index (χ1) is 15.2. The van der Waals surface area contributed by atoms with Gasteiger partial charge in [-0.3, -0.25) is 0 Å². The number of epoxide rings is 1. The van der Waals surface area contributed by atoms with Gasteiger partial charge in [-0.05, 0) is 64.0 Å². The normalized spacial score (nSPS) is 21.1. The lowest BCUT2D eigenvalue weighted by atomic mass is 9.91. The van der Waals surface area contributed by atoms with E-state index in [0.717, 1.165) is 51.6 Å². The molecule has 0 N–H and O–H groups in total. The fourth-order valence-electron chi connectivity index (χ4n) is 3.65. The zero-order valence-electron chi connectivity index (χ0n) is 19.2. The molecule has 170 valence electrons. The number of rotatable bonds is 8. The Labute approximate surface area is 187 Å². The molecular formula is C27H38O4. The first-order valence-electron chi connectivity index (χ1n) is 11.6. The van der Waals surface area contributed by atoms with E-state index in [9.17, 15) is 4.79 Å². The summed E-state index contributed by atoms with van der Waals surface area (Å²) in [4.78, 5) is 10.3. The van der Waals surface area contributed by atoms with Crippen LogP contribution in [0.4, 0.5) is 0 Å². The number of carbonyl (C=O) groups excluding carboxylic acids is 1. The molecule has 1 heterocycles. The van der Waals surface area contributed by atoms with Gasteiger partial charge in [0.15, 0.2) is 6.29 Å². The van der Waals surface area contributed by atoms with Crippen molar-refractivity contribution in [3.63, 3.8) is 0 Å². The standard InChI is InChI=1S/C14H14.C7H10O2.C6H14O2/c1-3-7-13(8-4-1)11-12-14-9-5-2-6-10-14;8-4-5-1-2-6-7(3-5)9-6;1-4-7-6(3)8-5-2/h1-10H,11-12H2;4-7H,1-3H2;6H,4-5H2,1-3H3. The predicted octanol–water partition coefficient (Wildman–Crippen LogP) is 5.63. The van der Waals surface area contributed by atoms with Crippen LogP contribution in [0.25, 0.3) is 0 Å². The summed E-state index contributed by atoms with van der Waals surface area (Å²) in [6.45, 7) is 7.25. The Bertz CT molecular complexity index is 658. The number of hydrogen-bond donors (Lipinski definition) is 0. The molecule has 1 aliphatic heterocycles. The molecule has 1 saturated heterocycles. The van der Waals surface area contributed by atoms with Crippen molar-refractivity contribution in [3.8, 4) is 0 Å². The Kier molecular flexibility index (Phi) is 12.1. The zero-order valence-corrected chi connectivity index (χ0v) is 19.2. The van der Waals surface area contributed by atoms with Gasteiger partial charge in [-0.1, -0.05) is 60.7 Å². The Morgan fingerprint density at radius 1 is 0.871 bits per heavy atom. The second-order valence-corrected chi connectivity index (χ2v) is 7.87. The van der Waals surface area contributed by atoms with Gasteiger partial charge < -0.3 is 19.0 Å². The molecular weight excluding hydrogens is 388 g/mol. The summed E-state index contributed by atoms with van der Waals surface area (Å²) in [5.41, 5.74) is 2.83. The van der Waals surface area contributed by atoms with Crippen LogP contribution in [0.5, 0.6) is 0 Å². The average molecular weight is 427 g/mol. The Balaban J connectivity index is 0.000000175. The predicted molar refractivity (Wildman–Crippen MR) is 125 cm³/mol. The monoisotopic (exact) mass is 426 g/mol. The van der Waals surface area contributed by atoms with Crippen LogP contribution in [0.2, 0.25) is 0 Å². The smallest absolute Gasteiger partial charge is 0.154 e. The summed E-state index contributed by atoms with van der Waals surface area (Å²) >= 11 is 0. The molecule has 2 aromatic rings. The molecule has 3 unspecified atom stereocenters. The lowest BCUT2D eigenvalue weighted by Gasteiger charge is -2.10. The number of fused-ring (bicyclic) bond motifs is 1. The molecule has 4 rings (SSSR count). The molecule has 2 fully saturated rings. The maximum absolute atomic E-state index is 10.3. The van der Waals surface area contributed by atoms with E-state index in [2.05, 4.69) is 60.7 Å². The Morgan fingerprint density at radius 3 is 1.81 bits per heavy atom. The number of aldehydes is 1. The van der Waals surface area contributed by atoms with Gasteiger partial charge in [0, 0.05) is 19.1 Å². The van der Waals surface area contributed by atoms with Crippen molar-refractivity contribution < 1.29 is 19.0 Å². The molecule has 0 spiro atoms. The number of aryl methyl sites for hydroxylation is 2. The number of ether oxygens (including phenoxy) is 3. The molecule has 0 radical (unpaired) electrons. The molecule has 1 aliphatic carbocycles. The van der Waals surface area contributed by atoms with Crippen LogP contribution in [0, 0.1) is 5.92 Å². The minimum atomic E-state index is -0.0370. The Hall–Kier alpha value is -2.01. The first-order valence-corrected chi connectivity index (χ1v) is 11.6. The molecule has 2 aliphatic rings. The van der Waals surface area contributed by atoms with Gasteiger partial charge in [0.2, 0.25) is 0 Å². The van der Waals surface area contributed by atoms with Crippen LogP contribution in [-0.2, 0) is 31.8 Å². The van der Waals surface area contributed by atoms with E-state index in [1.54, 1.807) is 0 Å². The van der Waals surface area contributed by atoms with Gasteiger partial charge in [0.1, 0.15) is 6.29 Å². The van der Waals surface area contributed by atoms with Crippen LogP contribution in [0.1, 0.15) is 51.2 Å². The van der Waals surface area contributed by atoms with Crippen molar-refractivity contribution >= 4 is 6.29 Å². The minimum absolute atomic E-state index is 0.0370. The first kappa shape index (κ1) is 25.3. The highest BCUT2D eigenvalue weighted by molar-refractivity contribution is 5.54. The van der Waals surface area contributed by atoms with Crippen molar-refractivity contribution in [1.29, 1.82) is 0 Å². The summed E-state index contributed by atoms with van der Waals surface area (Å²) in [6, 6.07) is 21.2.